The van der Waals surface area contributed by atoms with E-state index >= 15 is 0 Å². The van der Waals surface area contributed by atoms with Gasteiger partial charge in [0.2, 0.25) is 0 Å². The number of halogens is 1. The van der Waals surface area contributed by atoms with Gasteiger partial charge in [0.1, 0.15) is 5.75 Å². The van der Waals surface area contributed by atoms with Gasteiger partial charge in [-0.15, -0.1) is 0 Å². The predicted molar refractivity (Wildman–Crippen MR) is 127 cm³/mol. The number of aromatic nitrogens is 2. The molecule has 0 unspecified atom stereocenters. The maximum atomic E-state index is 11.0. The van der Waals surface area contributed by atoms with Crippen molar-refractivity contribution in [3.8, 4) is 17.0 Å². The summed E-state index contributed by atoms with van der Waals surface area (Å²) in [5.41, 5.74) is 2.60. The Morgan fingerprint density at radius 3 is 2.62 bits per heavy atom. The Balaban J connectivity index is 1.72. The molecule has 0 atom stereocenters. The van der Waals surface area contributed by atoms with Crippen LogP contribution in [-0.4, -0.2) is 32.1 Å². The smallest absolute Gasteiger partial charge is 0.270 e. The first kappa shape index (κ1) is 21.1. The van der Waals surface area contributed by atoms with Crippen LogP contribution in [0, 0.1) is 10.1 Å². The molecule has 4 aromatic rings. The summed E-state index contributed by atoms with van der Waals surface area (Å²) in [5, 5.41) is 25.5. The third kappa shape index (κ3) is 4.96. The number of nitro benzene ring substituents is 1. The van der Waals surface area contributed by atoms with Crippen molar-refractivity contribution < 1.29 is 10.0 Å². The lowest BCUT2D eigenvalue weighted by atomic mass is 10.2. The molecule has 1 N–H and O–H groups in total. The van der Waals surface area contributed by atoms with Gasteiger partial charge < -0.3 is 5.11 Å². The molecule has 0 spiro atoms. The minimum atomic E-state index is -0.456. The molecule has 4 rings (SSSR count). The van der Waals surface area contributed by atoms with Crippen molar-refractivity contribution in [1.82, 2.24) is 9.66 Å². The van der Waals surface area contributed by atoms with Crippen molar-refractivity contribution in [1.29, 1.82) is 0 Å². The molecule has 0 aliphatic carbocycles. The molecular weight excluding hydrogens is 474 g/mol. The molecule has 158 valence electrons. The Morgan fingerprint density at radius 1 is 1.03 bits per heavy atom. The normalized spacial score (nSPS) is 11.4. The van der Waals surface area contributed by atoms with Crippen LogP contribution in [0.1, 0.15) is 11.1 Å². The zero-order valence-electron chi connectivity index (χ0n) is 16.5. The zero-order chi connectivity index (χ0) is 22.5. The second-order valence-electron chi connectivity index (χ2n) is 6.69. The highest BCUT2D eigenvalue weighted by molar-refractivity contribution is 9.10. The summed E-state index contributed by atoms with van der Waals surface area (Å²) in [6, 6.07) is 20.8. The molecule has 0 bridgehead atoms. The summed E-state index contributed by atoms with van der Waals surface area (Å²) >= 11 is 3.37. The monoisotopic (exact) mass is 489 g/mol. The molecular formula is C23H16BrN5O3. The van der Waals surface area contributed by atoms with Crippen LogP contribution in [0.5, 0.6) is 5.75 Å². The van der Waals surface area contributed by atoms with E-state index in [0.717, 1.165) is 10.0 Å². The van der Waals surface area contributed by atoms with Crippen molar-refractivity contribution >= 4 is 40.0 Å². The predicted octanol–water partition coefficient (Wildman–Crippen LogP) is 5.56. The van der Waals surface area contributed by atoms with Crippen LogP contribution in [0.4, 0.5) is 11.6 Å². The number of aromatic hydroxyl groups is 1. The first-order chi connectivity index (χ1) is 15.5. The summed E-state index contributed by atoms with van der Waals surface area (Å²) < 4.78 is 2.28. The fourth-order valence-corrected chi connectivity index (χ4v) is 3.26. The van der Waals surface area contributed by atoms with Gasteiger partial charge in [-0.3, -0.25) is 10.1 Å². The lowest BCUT2D eigenvalue weighted by Gasteiger charge is -2.00. The number of imidazole rings is 1. The van der Waals surface area contributed by atoms with Gasteiger partial charge in [0.05, 0.1) is 23.0 Å². The Hall–Kier alpha value is -4.11. The molecule has 1 aromatic heterocycles. The summed E-state index contributed by atoms with van der Waals surface area (Å²) in [7, 11) is 0. The van der Waals surface area contributed by atoms with Crippen LogP contribution in [-0.2, 0) is 0 Å². The molecule has 0 saturated heterocycles. The Labute approximate surface area is 191 Å². The summed E-state index contributed by atoms with van der Waals surface area (Å²) in [6.07, 6.45) is 4.71. The molecule has 0 radical (unpaired) electrons. The first-order valence-corrected chi connectivity index (χ1v) is 10.2. The van der Waals surface area contributed by atoms with E-state index in [1.165, 1.54) is 29.2 Å². The third-order valence-corrected chi connectivity index (χ3v) is 4.95. The molecule has 0 aliphatic rings. The number of phenolic OH excluding ortho intramolecular Hbond substituents is 1. The molecule has 0 aliphatic heterocycles. The van der Waals surface area contributed by atoms with E-state index in [4.69, 9.17) is 0 Å². The average Bonchev–Trinajstić information content (AvgIpc) is 3.22. The van der Waals surface area contributed by atoms with Gasteiger partial charge in [-0.1, -0.05) is 58.4 Å². The first-order valence-electron chi connectivity index (χ1n) is 9.46. The number of rotatable bonds is 6. The summed E-state index contributed by atoms with van der Waals surface area (Å²) in [5.74, 6) is 0.364. The minimum absolute atomic E-state index is 0.0204. The van der Waals surface area contributed by atoms with Crippen molar-refractivity contribution in [2.75, 3.05) is 0 Å². The van der Waals surface area contributed by atoms with Gasteiger partial charge in [0.25, 0.3) is 11.6 Å². The number of aliphatic imine (C=N–C) groups is 1. The standard InChI is InChI=1S/C23H16BrN5O3/c24-19-9-10-22(30)18(12-19)14-25-23-27-21(17-6-2-1-3-7-17)15-28(23)26-13-16-5-4-8-20(11-16)29(31)32/h1-15,30H/b25-14+,26-13+. The molecule has 32 heavy (non-hydrogen) atoms. The van der Waals surface area contributed by atoms with Crippen LogP contribution in [0.25, 0.3) is 11.3 Å². The van der Waals surface area contributed by atoms with Crippen LogP contribution in [0.2, 0.25) is 0 Å². The molecule has 0 fully saturated rings. The summed E-state index contributed by atoms with van der Waals surface area (Å²) in [6.45, 7) is 0. The minimum Gasteiger partial charge on any atom is -0.507 e. The van der Waals surface area contributed by atoms with Gasteiger partial charge in [-0.2, -0.15) is 5.10 Å². The molecule has 1 heterocycles. The molecule has 0 saturated carbocycles. The van der Waals surface area contributed by atoms with Crippen LogP contribution < -0.4 is 0 Å². The second kappa shape index (κ2) is 9.36. The van der Waals surface area contributed by atoms with Gasteiger partial charge in [0.15, 0.2) is 0 Å². The Bertz CT molecular complexity index is 1330. The van der Waals surface area contributed by atoms with Crippen molar-refractivity contribution in [2.45, 2.75) is 0 Å². The highest BCUT2D eigenvalue weighted by Gasteiger charge is 2.09. The Morgan fingerprint density at radius 2 is 1.84 bits per heavy atom. The molecule has 3 aromatic carbocycles. The van der Waals surface area contributed by atoms with Crippen LogP contribution >= 0.6 is 15.9 Å². The van der Waals surface area contributed by atoms with Gasteiger partial charge in [0, 0.05) is 39.5 Å². The number of phenols is 1. The fourth-order valence-electron chi connectivity index (χ4n) is 2.89. The van der Waals surface area contributed by atoms with Crippen molar-refractivity contribution in [2.24, 2.45) is 10.1 Å². The fraction of sp³-hybridized carbons (Fsp3) is 0. The van der Waals surface area contributed by atoms with E-state index in [0.29, 0.717) is 16.8 Å². The third-order valence-electron chi connectivity index (χ3n) is 4.46. The number of non-ortho nitro benzene ring substituents is 1. The molecule has 9 heteroatoms. The van der Waals surface area contributed by atoms with E-state index in [1.54, 1.807) is 36.5 Å². The largest absolute Gasteiger partial charge is 0.507 e. The highest BCUT2D eigenvalue weighted by atomic mass is 79.9. The molecule has 0 amide bonds. The quantitative estimate of drug-likeness (QED) is 0.217. The average molecular weight is 490 g/mol. The lowest BCUT2D eigenvalue weighted by molar-refractivity contribution is -0.384. The second-order valence-corrected chi connectivity index (χ2v) is 7.61. The number of hydrogen-bond donors (Lipinski definition) is 1. The van der Waals surface area contributed by atoms with E-state index in [9.17, 15) is 15.2 Å². The van der Waals surface area contributed by atoms with E-state index in [-0.39, 0.29) is 17.4 Å². The van der Waals surface area contributed by atoms with Gasteiger partial charge in [-0.25, -0.2) is 14.7 Å². The number of nitro groups is 1. The number of benzene rings is 3. The zero-order valence-corrected chi connectivity index (χ0v) is 18.1. The van der Waals surface area contributed by atoms with Crippen LogP contribution in [0.3, 0.4) is 0 Å². The van der Waals surface area contributed by atoms with Crippen molar-refractivity contribution in [3.63, 3.8) is 0 Å². The van der Waals surface area contributed by atoms with Gasteiger partial charge in [-0.05, 0) is 18.2 Å². The van der Waals surface area contributed by atoms with Crippen molar-refractivity contribution in [3.05, 3.63) is 105 Å². The number of nitrogens with zero attached hydrogens (tertiary/aromatic N) is 5. The highest BCUT2D eigenvalue weighted by Crippen LogP contribution is 2.24. The maximum absolute atomic E-state index is 11.0. The summed E-state index contributed by atoms with van der Waals surface area (Å²) in [4.78, 5) is 19.5. The topological polar surface area (TPSA) is 106 Å². The van der Waals surface area contributed by atoms with E-state index in [1.807, 2.05) is 30.3 Å². The number of hydrogen-bond acceptors (Lipinski definition) is 6. The lowest BCUT2D eigenvalue weighted by Crippen LogP contribution is -1.92. The maximum Gasteiger partial charge on any atom is 0.270 e. The van der Waals surface area contributed by atoms with Gasteiger partial charge >= 0.3 is 0 Å². The Kier molecular flexibility index (Phi) is 6.18. The van der Waals surface area contributed by atoms with E-state index in [2.05, 4.69) is 31.0 Å². The van der Waals surface area contributed by atoms with Crippen LogP contribution in [0.15, 0.2) is 93.6 Å². The van der Waals surface area contributed by atoms with E-state index < -0.39 is 4.92 Å². The molecule has 8 nitrogen and oxygen atoms in total. The SMILES string of the molecule is O=[N+]([O-])c1cccc(/C=N/n2cc(-c3ccccc3)nc2/N=C/c2cc(Br)ccc2O)c1.